The second kappa shape index (κ2) is 5.64. The first-order chi connectivity index (χ1) is 11.9. The molecule has 4 rings (SSSR count). The summed E-state index contributed by atoms with van der Waals surface area (Å²) < 4.78 is 4.37. The maximum atomic E-state index is 12.5. The first-order valence-electron chi connectivity index (χ1n) is 7.73. The van der Waals surface area contributed by atoms with E-state index in [1.54, 1.807) is 19.2 Å². The average molecular weight is 380 g/mol. The molecule has 3 heterocycles. The quantitative estimate of drug-likeness (QED) is 0.680. The molecule has 1 aromatic carbocycles. The highest BCUT2D eigenvalue weighted by Gasteiger charge is 2.27. The van der Waals surface area contributed by atoms with E-state index < -0.39 is 0 Å². The predicted molar refractivity (Wildman–Crippen MR) is 97.7 cm³/mol. The molecule has 0 saturated carbocycles. The predicted octanol–water partition coefficient (Wildman–Crippen LogP) is 1.76. The Hall–Kier alpha value is -2.25. The fourth-order valence-corrected chi connectivity index (χ4v) is 3.68. The topological polar surface area (TPSA) is 65.1 Å². The van der Waals surface area contributed by atoms with E-state index >= 15 is 0 Å². The van der Waals surface area contributed by atoms with Crippen molar-refractivity contribution in [2.24, 2.45) is 14.1 Å². The van der Waals surface area contributed by atoms with Crippen LogP contribution >= 0.6 is 23.2 Å². The van der Waals surface area contributed by atoms with E-state index in [1.807, 2.05) is 15.5 Å². The van der Waals surface area contributed by atoms with Crippen LogP contribution in [-0.2, 0) is 27.2 Å². The van der Waals surface area contributed by atoms with Gasteiger partial charge in [0.25, 0.3) is 5.56 Å². The van der Waals surface area contributed by atoms with E-state index in [1.165, 1.54) is 11.6 Å². The van der Waals surface area contributed by atoms with Crippen LogP contribution in [0.15, 0.2) is 27.8 Å². The Morgan fingerprint density at radius 3 is 2.60 bits per heavy atom. The van der Waals surface area contributed by atoms with Crippen molar-refractivity contribution in [3.05, 3.63) is 54.6 Å². The summed E-state index contributed by atoms with van der Waals surface area (Å²) in [4.78, 5) is 31.2. The van der Waals surface area contributed by atoms with Gasteiger partial charge in [-0.3, -0.25) is 13.9 Å². The Morgan fingerprint density at radius 2 is 1.88 bits per heavy atom. The van der Waals surface area contributed by atoms with Gasteiger partial charge in [-0.05, 0) is 17.7 Å². The van der Waals surface area contributed by atoms with E-state index in [0.717, 1.165) is 10.1 Å². The molecule has 0 radical (unpaired) electrons. The van der Waals surface area contributed by atoms with E-state index in [0.29, 0.717) is 46.8 Å². The molecule has 0 saturated heterocycles. The van der Waals surface area contributed by atoms with E-state index in [9.17, 15) is 9.59 Å². The van der Waals surface area contributed by atoms with Crippen molar-refractivity contribution in [3.8, 4) is 0 Å². The Morgan fingerprint density at radius 1 is 1.12 bits per heavy atom. The molecule has 0 amide bonds. The third-order valence-corrected chi connectivity index (χ3v) is 5.17. The lowest BCUT2D eigenvalue weighted by Gasteiger charge is -2.17. The summed E-state index contributed by atoms with van der Waals surface area (Å²) >= 11 is 12.2. The fourth-order valence-electron chi connectivity index (χ4n) is 3.21. The zero-order valence-electron chi connectivity index (χ0n) is 13.7. The van der Waals surface area contributed by atoms with Gasteiger partial charge >= 0.3 is 5.69 Å². The molecule has 3 aromatic rings. The highest BCUT2D eigenvalue weighted by atomic mass is 35.5. The third-order valence-electron chi connectivity index (χ3n) is 4.58. The van der Waals surface area contributed by atoms with Crippen LogP contribution < -0.4 is 16.1 Å². The number of imidazole rings is 1. The molecule has 0 fully saturated rings. The standard InChI is InChI=1S/C16H15Cl2N5O2/c1-20-13-12(14(24)21(2)16(20)25)23-6-5-22(15(23)19-13)8-9-3-4-10(17)7-11(9)18/h3-4,7H,5-6,8H2,1-2H3. The van der Waals surface area contributed by atoms with Gasteiger partial charge in [-0.15, -0.1) is 0 Å². The molecule has 0 aliphatic carbocycles. The molecule has 130 valence electrons. The van der Waals surface area contributed by atoms with Crippen molar-refractivity contribution < 1.29 is 0 Å². The van der Waals surface area contributed by atoms with Crippen LogP contribution in [0.5, 0.6) is 0 Å². The van der Waals surface area contributed by atoms with Crippen LogP contribution in [0.4, 0.5) is 5.95 Å². The molecule has 1 aliphatic rings. The van der Waals surface area contributed by atoms with Gasteiger partial charge in [0, 0.05) is 43.8 Å². The van der Waals surface area contributed by atoms with Gasteiger partial charge in [0.1, 0.15) is 0 Å². The monoisotopic (exact) mass is 379 g/mol. The highest BCUT2D eigenvalue weighted by Crippen LogP contribution is 2.29. The Bertz CT molecular complexity index is 1130. The number of anilines is 1. The molecule has 0 N–H and O–H groups in total. The van der Waals surface area contributed by atoms with Crippen molar-refractivity contribution in [2.45, 2.75) is 13.1 Å². The van der Waals surface area contributed by atoms with Crippen LogP contribution in [0.2, 0.25) is 10.0 Å². The molecule has 2 aromatic heterocycles. The second-order valence-corrected chi connectivity index (χ2v) is 6.94. The number of aryl methyl sites for hydroxylation is 1. The molecule has 7 nitrogen and oxygen atoms in total. The van der Waals surface area contributed by atoms with Crippen LogP contribution in [0.3, 0.4) is 0 Å². The Labute approximate surface area is 152 Å². The largest absolute Gasteiger partial charge is 0.336 e. The van der Waals surface area contributed by atoms with Crippen LogP contribution in [0.1, 0.15) is 5.56 Å². The van der Waals surface area contributed by atoms with Gasteiger partial charge in [-0.1, -0.05) is 29.3 Å². The zero-order valence-corrected chi connectivity index (χ0v) is 15.2. The summed E-state index contributed by atoms with van der Waals surface area (Å²) in [5, 5.41) is 1.17. The second-order valence-electron chi connectivity index (χ2n) is 6.10. The maximum Gasteiger partial charge on any atom is 0.332 e. The first-order valence-corrected chi connectivity index (χ1v) is 8.49. The van der Waals surface area contributed by atoms with Gasteiger partial charge in [0.2, 0.25) is 5.95 Å². The van der Waals surface area contributed by atoms with E-state index in [2.05, 4.69) is 4.98 Å². The van der Waals surface area contributed by atoms with Crippen LogP contribution in [0, 0.1) is 0 Å². The molecule has 0 unspecified atom stereocenters. The van der Waals surface area contributed by atoms with Gasteiger partial charge in [-0.25, -0.2) is 4.79 Å². The summed E-state index contributed by atoms with van der Waals surface area (Å²) in [5.74, 6) is 0.666. The summed E-state index contributed by atoms with van der Waals surface area (Å²) in [6.07, 6.45) is 0. The van der Waals surface area contributed by atoms with Crippen molar-refractivity contribution in [1.82, 2.24) is 18.7 Å². The zero-order chi connectivity index (χ0) is 17.9. The first kappa shape index (κ1) is 16.2. The Balaban J connectivity index is 1.83. The summed E-state index contributed by atoms with van der Waals surface area (Å²) in [6.45, 7) is 1.89. The van der Waals surface area contributed by atoms with Gasteiger partial charge < -0.3 is 9.47 Å². The summed E-state index contributed by atoms with van der Waals surface area (Å²) in [5.41, 5.74) is 1.05. The summed E-state index contributed by atoms with van der Waals surface area (Å²) in [7, 11) is 3.09. The van der Waals surface area contributed by atoms with Crippen LogP contribution in [0.25, 0.3) is 11.2 Å². The number of rotatable bonds is 2. The van der Waals surface area contributed by atoms with Crippen LogP contribution in [-0.4, -0.2) is 25.2 Å². The van der Waals surface area contributed by atoms with Crippen molar-refractivity contribution in [1.29, 1.82) is 0 Å². The molecule has 9 heteroatoms. The molecule has 0 bridgehead atoms. The molecule has 0 spiro atoms. The highest BCUT2D eigenvalue weighted by molar-refractivity contribution is 6.35. The van der Waals surface area contributed by atoms with E-state index in [-0.39, 0.29) is 11.2 Å². The number of hydrogen-bond donors (Lipinski definition) is 0. The number of fused-ring (bicyclic) bond motifs is 3. The lowest BCUT2D eigenvalue weighted by Crippen LogP contribution is -2.37. The molecular weight excluding hydrogens is 365 g/mol. The Kier molecular flexibility index (Phi) is 3.66. The minimum atomic E-state index is -0.387. The number of benzene rings is 1. The molecule has 0 atom stereocenters. The lowest BCUT2D eigenvalue weighted by molar-refractivity contribution is 0.698. The number of hydrogen-bond acceptors (Lipinski definition) is 4. The third kappa shape index (κ3) is 2.38. The lowest BCUT2D eigenvalue weighted by atomic mass is 10.2. The molecule has 25 heavy (non-hydrogen) atoms. The minimum absolute atomic E-state index is 0.330. The van der Waals surface area contributed by atoms with E-state index in [4.69, 9.17) is 23.2 Å². The number of nitrogens with zero attached hydrogens (tertiary/aromatic N) is 5. The molecule has 1 aliphatic heterocycles. The normalized spacial score (nSPS) is 13.7. The average Bonchev–Trinajstić information content (AvgIpc) is 3.13. The minimum Gasteiger partial charge on any atom is -0.336 e. The summed E-state index contributed by atoms with van der Waals surface area (Å²) in [6, 6.07) is 5.38. The SMILES string of the molecule is Cn1c(=O)c2c(nc3n2CCN3Cc2ccc(Cl)cc2Cl)n(C)c1=O. The van der Waals surface area contributed by atoms with Crippen molar-refractivity contribution in [2.75, 3.05) is 11.4 Å². The smallest absolute Gasteiger partial charge is 0.332 e. The van der Waals surface area contributed by atoms with Gasteiger partial charge in [-0.2, -0.15) is 4.98 Å². The molecular formula is C16H15Cl2N5O2. The number of aromatic nitrogens is 4. The van der Waals surface area contributed by atoms with Crippen molar-refractivity contribution in [3.63, 3.8) is 0 Å². The van der Waals surface area contributed by atoms with Gasteiger partial charge in [0.15, 0.2) is 11.2 Å². The van der Waals surface area contributed by atoms with Crippen molar-refractivity contribution >= 4 is 40.3 Å². The fraction of sp³-hybridized carbons (Fsp3) is 0.312. The maximum absolute atomic E-state index is 12.5. The van der Waals surface area contributed by atoms with Gasteiger partial charge in [0.05, 0.1) is 0 Å². The number of halogens is 2.